The highest BCUT2D eigenvalue weighted by atomic mass is 35.5. The fourth-order valence-corrected chi connectivity index (χ4v) is 6.10. The first kappa shape index (κ1) is 25.7. The quantitative estimate of drug-likeness (QED) is 0.238. The molecule has 1 fully saturated rings. The molecule has 7 rings (SSSR count). The van der Waals surface area contributed by atoms with Crippen molar-refractivity contribution in [2.24, 2.45) is 0 Å². The van der Waals surface area contributed by atoms with Gasteiger partial charge in [0.25, 0.3) is 0 Å². The summed E-state index contributed by atoms with van der Waals surface area (Å²) in [4.78, 5) is 22.8. The minimum Gasteiger partial charge on any atom is -0.465 e. The van der Waals surface area contributed by atoms with Gasteiger partial charge in [-0.25, -0.2) is 9.78 Å². The van der Waals surface area contributed by atoms with E-state index in [2.05, 4.69) is 57.0 Å². The van der Waals surface area contributed by atoms with Crippen LogP contribution in [0.15, 0.2) is 79.0 Å². The van der Waals surface area contributed by atoms with Crippen LogP contribution >= 0.6 is 11.6 Å². The summed E-state index contributed by atoms with van der Waals surface area (Å²) in [5, 5.41) is 1.77. The number of fused-ring (bicyclic) bond motifs is 5. The zero-order chi connectivity index (χ0) is 28.3. The summed E-state index contributed by atoms with van der Waals surface area (Å²) >= 11 is 6.35. The van der Waals surface area contributed by atoms with Gasteiger partial charge in [-0.3, -0.25) is 4.90 Å². The van der Waals surface area contributed by atoms with Crippen molar-refractivity contribution in [1.82, 2.24) is 19.4 Å². The third kappa shape index (κ3) is 4.64. The van der Waals surface area contributed by atoms with Crippen molar-refractivity contribution < 1.29 is 14.3 Å². The van der Waals surface area contributed by atoms with Gasteiger partial charge in [-0.15, -0.1) is 0 Å². The van der Waals surface area contributed by atoms with Crippen LogP contribution in [0.2, 0.25) is 5.02 Å². The van der Waals surface area contributed by atoms with Crippen LogP contribution in [0, 0.1) is 0 Å². The lowest BCUT2D eigenvalue weighted by Gasteiger charge is -2.30. The SMILES string of the molecule is CC(C)(C)OC(=O)N1CCCC1c1ncc(-c2ccc3c(c2)OC(c2ccccc2)n2c-3cc3cc(Cl)ccc32)[nH]1. The van der Waals surface area contributed by atoms with Gasteiger partial charge in [0.15, 0.2) is 0 Å². The highest BCUT2D eigenvalue weighted by Gasteiger charge is 2.35. The minimum absolute atomic E-state index is 0.141. The van der Waals surface area contributed by atoms with Gasteiger partial charge in [0.2, 0.25) is 6.23 Å². The molecule has 2 unspecified atom stereocenters. The maximum Gasteiger partial charge on any atom is 0.410 e. The molecule has 208 valence electrons. The molecule has 5 aromatic rings. The van der Waals surface area contributed by atoms with Gasteiger partial charge >= 0.3 is 6.09 Å². The maximum atomic E-state index is 12.8. The molecule has 0 bridgehead atoms. The number of likely N-dealkylation sites (tertiary alicyclic amines) is 1. The van der Waals surface area contributed by atoms with Crippen molar-refractivity contribution in [3.8, 4) is 28.3 Å². The summed E-state index contributed by atoms with van der Waals surface area (Å²) in [6.45, 7) is 6.31. The molecule has 7 nitrogen and oxygen atoms in total. The normalized spacial score (nSPS) is 18.2. The molecule has 1 saturated heterocycles. The lowest BCUT2D eigenvalue weighted by molar-refractivity contribution is 0.0218. The van der Waals surface area contributed by atoms with E-state index < -0.39 is 5.60 Å². The number of hydrogen-bond acceptors (Lipinski definition) is 4. The Kier molecular flexibility index (Phi) is 6.08. The maximum absolute atomic E-state index is 12.8. The Morgan fingerprint density at radius 3 is 2.71 bits per heavy atom. The Morgan fingerprint density at radius 1 is 1.07 bits per heavy atom. The zero-order valence-electron chi connectivity index (χ0n) is 23.2. The Bertz CT molecular complexity index is 1770. The van der Waals surface area contributed by atoms with Crippen LogP contribution in [0.25, 0.3) is 33.4 Å². The number of amides is 1. The van der Waals surface area contributed by atoms with Crippen molar-refractivity contribution in [3.63, 3.8) is 0 Å². The molecular formula is C33H31ClN4O3. The molecular weight excluding hydrogens is 536 g/mol. The first-order chi connectivity index (χ1) is 19.7. The van der Waals surface area contributed by atoms with Gasteiger partial charge in [0.05, 0.1) is 29.1 Å². The lowest BCUT2D eigenvalue weighted by Crippen LogP contribution is -2.36. The summed E-state index contributed by atoms with van der Waals surface area (Å²) < 4.78 is 14.6. The fraction of sp³-hybridized carbons (Fsp3) is 0.273. The van der Waals surface area contributed by atoms with Crippen LogP contribution in [0.5, 0.6) is 5.75 Å². The number of aromatic amines is 1. The van der Waals surface area contributed by atoms with Crippen LogP contribution in [0.4, 0.5) is 4.79 Å². The molecule has 0 saturated carbocycles. The fourth-order valence-electron chi connectivity index (χ4n) is 5.92. The molecule has 0 aliphatic carbocycles. The van der Waals surface area contributed by atoms with Crippen LogP contribution in [0.1, 0.15) is 57.3 Å². The first-order valence-electron chi connectivity index (χ1n) is 14.0. The topological polar surface area (TPSA) is 72.4 Å². The van der Waals surface area contributed by atoms with E-state index in [9.17, 15) is 4.79 Å². The second-order valence-corrected chi connectivity index (χ2v) is 12.1. The number of imidazole rings is 1. The van der Waals surface area contributed by atoms with E-state index in [0.29, 0.717) is 11.6 Å². The molecule has 1 N–H and O–H groups in total. The molecule has 0 spiro atoms. The highest BCUT2D eigenvalue weighted by molar-refractivity contribution is 6.31. The van der Waals surface area contributed by atoms with Gasteiger partial charge < -0.3 is 19.0 Å². The summed E-state index contributed by atoms with van der Waals surface area (Å²) in [5.74, 6) is 1.56. The van der Waals surface area contributed by atoms with Crippen LogP contribution in [-0.2, 0) is 4.74 Å². The van der Waals surface area contributed by atoms with Crippen molar-refractivity contribution in [3.05, 3.63) is 95.4 Å². The summed E-state index contributed by atoms with van der Waals surface area (Å²) in [7, 11) is 0. The number of nitrogens with one attached hydrogen (secondary N) is 1. The number of H-pyrrole nitrogens is 1. The highest BCUT2D eigenvalue weighted by Crippen LogP contribution is 2.45. The third-order valence-corrected chi connectivity index (χ3v) is 7.95. The number of halogens is 1. The molecule has 4 heterocycles. The molecule has 2 aliphatic rings. The molecule has 1 amide bonds. The monoisotopic (exact) mass is 566 g/mol. The van der Waals surface area contributed by atoms with E-state index in [1.807, 2.05) is 57.3 Å². The van der Waals surface area contributed by atoms with Gasteiger partial charge in [0, 0.05) is 33.6 Å². The second-order valence-electron chi connectivity index (χ2n) is 11.7. The van der Waals surface area contributed by atoms with E-state index in [1.165, 1.54) is 0 Å². The lowest BCUT2D eigenvalue weighted by atomic mass is 10.0. The number of carbonyl (C=O) groups is 1. The largest absolute Gasteiger partial charge is 0.465 e. The Balaban J connectivity index is 1.25. The van der Waals surface area contributed by atoms with Crippen molar-refractivity contribution in [2.75, 3.05) is 6.54 Å². The van der Waals surface area contributed by atoms with Crippen molar-refractivity contribution in [1.29, 1.82) is 0 Å². The Hall–Kier alpha value is -4.23. The van der Waals surface area contributed by atoms with Crippen LogP contribution in [-0.4, -0.2) is 37.7 Å². The number of aromatic nitrogens is 3. The standard InChI is InChI=1S/C33H31ClN4O3/c1-33(2,3)41-32(39)37-15-7-10-27(37)30-35-19-25(36-30)21-11-13-24-28-17-22-16-23(34)12-14-26(22)38(28)31(40-29(24)18-21)20-8-5-4-6-9-20/h4-6,8-9,11-14,16-19,27,31H,7,10,15H2,1-3H3,(H,35,36). The Morgan fingerprint density at radius 2 is 1.90 bits per heavy atom. The van der Waals surface area contributed by atoms with Gasteiger partial charge in [0.1, 0.15) is 17.2 Å². The number of nitrogens with zero attached hydrogens (tertiary/aromatic N) is 3. The third-order valence-electron chi connectivity index (χ3n) is 7.72. The number of benzene rings is 3. The van der Waals surface area contributed by atoms with Crippen molar-refractivity contribution in [2.45, 2.75) is 51.5 Å². The summed E-state index contributed by atoms with van der Waals surface area (Å²) in [6.07, 6.45) is 2.95. The van der Waals surface area contributed by atoms with Crippen molar-refractivity contribution >= 4 is 28.6 Å². The summed E-state index contributed by atoms with van der Waals surface area (Å²) in [6, 6.07) is 24.5. The zero-order valence-corrected chi connectivity index (χ0v) is 24.0. The molecule has 2 atom stereocenters. The smallest absolute Gasteiger partial charge is 0.410 e. The molecule has 2 aromatic heterocycles. The predicted octanol–water partition coefficient (Wildman–Crippen LogP) is 8.36. The van der Waals surface area contributed by atoms with E-state index in [1.54, 1.807) is 4.90 Å². The average Bonchev–Trinajstić information content (AvgIpc) is 3.70. The predicted molar refractivity (Wildman–Crippen MR) is 160 cm³/mol. The Labute approximate surface area is 243 Å². The molecule has 0 radical (unpaired) electrons. The second kappa shape index (κ2) is 9.70. The number of hydrogen-bond donors (Lipinski definition) is 1. The molecule has 3 aromatic carbocycles. The molecule has 2 aliphatic heterocycles. The van der Waals surface area contributed by atoms with E-state index >= 15 is 0 Å². The average molecular weight is 567 g/mol. The van der Waals surface area contributed by atoms with E-state index in [-0.39, 0.29) is 18.4 Å². The summed E-state index contributed by atoms with van der Waals surface area (Å²) in [5.41, 5.74) is 5.51. The van der Waals surface area contributed by atoms with Gasteiger partial charge in [-0.05, 0) is 70.0 Å². The number of ether oxygens (including phenoxy) is 2. The number of carbonyl (C=O) groups excluding carboxylic acids is 1. The molecule has 41 heavy (non-hydrogen) atoms. The minimum atomic E-state index is -0.544. The number of rotatable bonds is 3. The van der Waals surface area contributed by atoms with E-state index in [4.69, 9.17) is 21.1 Å². The van der Waals surface area contributed by atoms with E-state index in [0.717, 1.165) is 63.4 Å². The molecule has 8 heteroatoms. The van der Waals surface area contributed by atoms with Crippen LogP contribution in [0.3, 0.4) is 0 Å². The first-order valence-corrected chi connectivity index (χ1v) is 14.3. The van der Waals surface area contributed by atoms with Gasteiger partial charge in [-0.2, -0.15) is 0 Å². The van der Waals surface area contributed by atoms with Crippen LogP contribution < -0.4 is 4.74 Å². The van der Waals surface area contributed by atoms with Gasteiger partial charge in [-0.1, -0.05) is 48.0 Å².